The monoisotopic (exact) mass is 594 g/mol. The van der Waals surface area contributed by atoms with Crippen LogP contribution in [-0.4, -0.2) is 44.8 Å². The fourth-order valence-electron chi connectivity index (χ4n) is 4.78. The molecule has 1 aliphatic heterocycles. The molecular formula is C25H21F3N4O6S2. The van der Waals surface area contributed by atoms with Gasteiger partial charge in [-0.2, -0.15) is 13.2 Å². The van der Waals surface area contributed by atoms with Gasteiger partial charge in [0.05, 0.1) is 33.9 Å². The second kappa shape index (κ2) is 9.30. The summed E-state index contributed by atoms with van der Waals surface area (Å²) in [6.07, 6.45) is 2.77. The molecule has 15 heteroatoms. The van der Waals surface area contributed by atoms with Crippen molar-refractivity contribution in [1.82, 2.24) is 4.98 Å². The molecule has 1 aromatic heterocycles. The van der Waals surface area contributed by atoms with Crippen LogP contribution in [0.1, 0.15) is 18.9 Å². The van der Waals surface area contributed by atoms with E-state index in [0.29, 0.717) is 17.7 Å². The summed E-state index contributed by atoms with van der Waals surface area (Å²) in [7, 11) is -9.61. The number of anilines is 3. The number of rotatable bonds is 7. The van der Waals surface area contributed by atoms with Gasteiger partial charge in [-0.15, -0.1) is 0 Å². The number of carbonyl (C=O) groups excluding carboxylic acids is 2. The summed E-state index contributed by atoms with van der Waals surface area (Å²) in [5.74, 6) is -1.37. The highest BCUT2D eigenvalue weighted by molar-refractivity contribution is 7.92. The molecule has 2 fully saturated rings. The highest BCUT2D eigenvalue weighted by atomic mass is 32.2. The summed E-state index contributed by atoms with van der Waals surface area (Å²) in [6, 6.07) is 12.1. The molecule has 0 radical (unpaired) electrons. The third-order valence-corrected chi connectivity index (χ3v) is 9.59. The maximum Gasteiger partial charge on any atom is 0.501 e. The highest BCUT2D eigenvalue weighted by Gasteiger charge is 2.71. The molecule has 2 aromatic carbocycles. The summed E-state index contributed by atoms with van der Waals surface area (Å²) >= 11 is 0. The number of hydrogen-bond donors (Lipinski definition) is 1. The standard InChI is InChI=1S/C25H21F3N4O6S2/c1-16-13-24(16)22(33)31(18-7-9-19(10-8-18)40(37,38)25(26,27)28)23(34)32(24)21-11-12-29-14-20(21)30-39(35,36)15-17-5-3-2-4-6-17/h2-12,14,16,30H,13,15H2,1H3. The highest BCUT2D eigenvalue weighted by Crippen LogP contribution is 2.56. The van der Waals surface area contributed by atoms with Crippen LogP contribution in [0.4, 0.5) is 35.0 Å². The van der Waals surface area contributed by atoms with Crippen LogP contribution >= 0.6 is 0 Å². The number of halogens is 3. The molecule has 2 aliphatic rings. The average Bonchev–Trinajstić information content (AvgIpc) is 3.50. The first kappa shape index (κ1) is 27.6. The van der Waals surface area contributed by atoms with Gasteiger partial charge in [0.25, 0.3) is 15.7 Å². The number of benzene rings is 2. The summed E-state index contributed by atoms with van der Waals surface area (Å²) < 4.78 is 90.6. The minimum absolute atomic E-state index is 0.0495. The van der Waals surface area contributed by atoms with Crippen molar-refractivity contribution in [3.63, 3.8) is 0 Å². The van der Waals surface area contributed by atoms with Crippen molar-refractivity contribution in [2.24, 2.45) is 5.92 Å². The Kier molecular flexibility index (Phi) is 6.41. The van der Waals surface area contributed by atoms with Gasteiger partial charge in [-0.05, 0) is 48.2 Å². The Bertz CT molecular complexity index is 1720. The van der Waals surface area contributed by atoms with E-state index in [0.717, 1.165) is 21.9 Å². The second-order valence-electron chi connectivity index (χ2n) is 9.47. The average molecular weight is 595 g/mol. The maximum atomic E-state index is 13.7. The molecule has 3 amide bonds. The number of sulfonamides is 1. The van der Waals surface area contributed by atoms with E-state index < -0.39 is 47.7 Å². The molecular weight excluding hydrogens is 573 g/mol. The topological polar surface area (TPSA) is 134 Å². The van der Waals surface area contributed by atoms with Gasteiger partial charge in [0.2, 0.25) is 10.0 Å². The number of nitrogens with one attached hydrogen (secondary N) is 1. The minimum atomic E-state index is -5.63. The van der Waals surface area contributed by atoms with Gasteiger partial charge >= 0.3 is 11.5 Å². The first-order valence-electron chi connectivity index (χ1n) is 11.8. The SMILES string of the molecule is CC1CC12C(=O)N(c1ccc(S(=O)(=O)C(F)(F)F)cc1)C(=O)N2c1ccncc1NS(=O)(=O)Cc1ccccc1. The summed E-state index contributed by atoms with van der Waals surface area (Å²) in [5.41, 5.74) is -6.50. The first-order chi connectivity index (χ1) is 18.7. The van der Waals surface area contributed by atoms with Gasteiger partial charge in [0.1, 0.15) is 5.54 Å². The molecule has 1 N–H and O–H groups in total. The first-order valence-corrected chi connectivity index (χ1v) is 14.9. The predicted octanol–water partition coefficient (Wildman–Crippen LogP) is 4.07. The number of pyridine rings is 1. The van der Waals surface area contributed by atoms with Gasteiger partial charge < -0.3 is 0 Å². The lowest BCUT2D eigenvalue weighted by molar-refractivity contribution is -0.119. The van der Waals surface area contributed by atoms with E-state index in [1.165, 1.54) is 18.5 Å². The number of urea groups is 1. The van der Waals surface area contributed by atoms with Crippen LogP contribution < -0.4 is 14.5 Å². The Hall–Kier alpha value is -3.98. The zero-order valence-electron chi connectivity index (χ0n) is 20.7. The molecule has 2 unspecified atom stereocenters. The molecule has 1 aliphatic carbocycles. The van der Waals surface area contributed by atoms with Crippen molar-refractivity contribution >= 4 is 48.9 Å². The van der Waals surface area contributed by atoms with Crippen molar-refractivity contribution in [3.05, 3.63) is 78.6 Å². The van der Waals surface area contributed by atoms with E-state index in [2.05, 4.69) is 9.71 Å². The Balaban J connectivity index is 1.50. The largest absolute Gasteiger partial charge is 0.501 e. The van der Waals surface area contributed by atoms with Crippen molar-refractivity contribution in [2.75, 3.05) is 14.5 Å². The normalized spacial score (nSPS) is 21.2. The lowest BCUT2D eigenvalue weighted by atomic mass is 10.1. The van der Waals surface area contributed by atoms with Crippen LogP contribution in [0.3, 0.4) is 0 Å². The van der Waals surface area contributed by atoms with E-state index in [9.17, 15) is 39.6 Å². The molecule has 3 aromatic rings. The Morgan fingerprint density at radius 3 is 2.20 bits per heavy atom. The zero-order chi connectivity index (χ0) is 29.1. The molecule has 10 nitrogen and oxygen atoms in total. The molecule has 1 spiro atoms. The fourth-order valence-corrected chi connectivity index (χ4v) is 6.73. The van der Waals surface area contributed by atoms with E-state index >= 15 is 0 Å². The molecule has 1 saturated heterocycles. The van der Waals surface area contributed by atoms with Crippen molar-refractivity contribution < 1.29 is 39.6 Å². The fraction of sp³-hybridized carbons (Fsp3) is 0.240. The zero-order valence-corrected chi connectivity index (χ0v) is 22.3. The Morgan fingerprint density at radius 1 is 1.00 bits per heavy atom. The van der Waals surface area contributed by atoms with Gasteiger partial charge in [0, 0.05) is 6.20 Å². The van der Waals surface area contributed by atoms with Gasteiger partial charge in [-0.1, -0.05) is 37.3 Å². The van der Waals surface area contributed by atoms with Gasteiger partial charge in [0.15, 0.2) is 0 Å². The molecule has 40 heavy (non-hydrogen) atoms. The molecule has 2 atom stereocenters. The van der Waals surface area contributed by atoms with Gasteiger partial charge in [-0.25, -0.2) is 26.5 Å². The molecule has 1 saturated carbocycles. The van der Waals surface area contributed by atoms with E-state index in [-0.39, 0.29) is 35.2 Å². The summed E-state index contributed by atoms with van der Waals surface area (Å²) in [4.78, 5) is 32.1. The lowest BCUT2D eigenvalue weighted by Crippen LogP contribution is -2.39. The summed E-state index contributed by atoms with van der Waals surface area (Å²) in [6.45, 7) is 1.72. The lowest BCUT2D eigenvalue weighted by Gasteiger charge is -2.25. The smallest absolute Gasteiger partial charge is 0.280 e. The number of carbonyl (C=O) groups is 2. The third-order valence-electron chi connectivity index (χ3n) is 6.84. The number of nitrogens with zero attached hydrogens (tertiary/aromatic N) is 3. The quantitative estimate of drug-likeness (QED) is 0.408. The Labute approximate surface area is 227 Å². The molecule has 5 rings (SSSR count). The van der Waals surface area contributed by atoms with E-state index in [1.807, 2.05) is 0 Å². The third kappa shape index (κ3) is 4.48. The van der Waals surface area contributed by atoms with Crippen LogP contribution in [0.15, 0.2) is 78.0 Å². The molecule has 2 heterocycles. The van der Waals surface area contributed by atoms with Crippen molar-refractivity contribution in [3.8, 4) is 0 Å². The summed E-state index contributed by atoms with van der Waals surface area (Å²) in [5, 5.41) is 0. The van der Waals surface area contributed by atoms with Crippen LogP contribution in [0, 0.1) is 5.92 Å². The molecule has 210 valence electrons. The minimum Gasteiger partial charge on any atom is -0.280 e. The van der Waals surface area contributed by atoms with Crippen LogP contribution in [-0.2, 0) is 30.4 Å². The Morgan fingerprint density at radius 2 is 1.62 bits per heavy atom. The molecule has 0 bridgehead atoms. The number of amides is 3. The van der Waals surface area contributed by atoms with Crippen molar-refractivity contribution in [2.45, 2.75) is 35.0 Å². The predicted molar refractivity (Wildman–Crippen MR) is 138 cm³/mol. The number of imide groups is 1. The van der Waals surface area contributed by atoms with Crippen LogP contribution in [0.5, 0.6) is 0 Å². The maximum absolute atomic E-state index is 13.7. The number of hydrogen-bond acceptors (Lipinski definition) is 7. The van der Waals surface area contributed by atoms with Crippen LogP contribution in [0.25, 0.3) is 0 Å². The van der Waals surface area contributed by atoms with Gasteiger partial charge in [-0.3, -0.25) is 19.4 Å². The van der Waals surface area contributed by atoms with Crippen molar-refractivity contribution in [1.29, 1.82) is 0 Å². The number of alkyl halides is 3. The number of aromatic nitrogens is 1. The number of sulfone groups is 1. The van der Waals surface area contributed by atoms with E-state index in [1.54, 1.807) is 37.3 Å². The second-order valence-corrected chi connectivity index (χ2v) is 13.1. The van der Waals surface area contributed by atoms with Crippen LogP contribution in [0.2, 0.25) is 0 Å². The van der Waals surface area contributed by atoms with E-state index in [4.69, 9.17) is 0 Å².